The molecule has 1 aliphatic rings. The van der Waals surface area contributed by atoms with Crippen LogP contribution in [0, 0.1) is 0 Å². The zero-order chi connectivity index (χ0) is 40.2. The first-order chi connectivity index (χ1) is 29.4. The molecule has 4 aromatic heterocycles. The minimum absolute atomic E-state index is 0.629. The Hall–Kier alpha value is -5.48. The molecule has 60 heavy (non-hydrogen) atoms. The number of hydrogen-bond acceptors (Lipinski definition) is 4. The predicted molar refractivity (Wildman–Crippen MR) is 258 cm³/mol. The number of rotatable bonds is 5. The molecule has 4 heterocycles. The lowest BCUT2D eigenvalue weighted by Gasteiger charge is -2.18. The SMILES string of the molecule is Clc1c(Br)cccc1-n1c(C2=CC=C(c3ccc4sc5c(ccc6c5nc(-c5ccccc5)n6-c5cccc(Br)c5Cl)c4c3)CC2)nc2c3oc4ccccc4c3ccc21. The van der Waals surface area contributed by atoms with Gasteiger partial charge in [-0.1, -0.05) is 108 Å². The fourth-order valence-electron chi connectivity index (χ4n) is 8.77. The largest absolute Gasteiger partial charge is 0.454 e. The molecule has 0 spiro atoms. The first-order valence-corrected chi connectivity index (χ1v) is 22.6. The zero-order valence-corrected chi connectivity index (χ0v) is 36.9. The van der Waals surface area contributed by atoms with Crippen LogP contribution in [0.4, 0.5) is 0 Å². The van der Waals surface area contributed by atoms with E-state index in [1.54, 1.807) is 11.3 Å². The third kappa shape index (κ3) is 5.55. The normalized spacial score (nSPS) is 13.4. The van der Waals surface area contributed by atoms with Gasteiger partial charge in [-0.25, -0.2) is 9.97 Å². The molecular weight excluding hydrogens is 935 g/mol. The number of halogens is 4. The van der Waals surface area contributed by atoms with E-state index < -0.39 is 0 Å². The van der Waals surface area contributed by atoms with E-state index in [1.165, 1.54) is 26.6 Å². The molecule has 1 aliphatic carbocycles. The summed E-state index contributed by atoms with van der Waals surface area (Å²) in [5.74, 6) is 1.71. The second kappa shape index (κ2) is 14.0. The Morgan fingerprint density at radius 3 is 1.95 bits per heavy atom. The fourth-order valence-corrected chi connectivity index (χ4v) is 11.1. The molecule has 288 valence electrons. The number of aromatic nitrogens is 4. The van der Waals surface area contributed by atoms with Crippen molar-refractivity contribution in [1.29, 1.82) is 0 Å². The van der Waals surface area contributed by atoms with Crippen molar-refractivity contribution in [2.75, 3.05) is 0 Å². The van der Waals surface area contributed by atoms with Crippen LogP contribution in [0.2, 0.25) is 10.0 Å². The second-order valence-corrected chi connectivity index (χ2v) is 18.5. The van der Waals surface area contributed by atoms with Gasteiger partial charge in [0.05, 0.1) is 37.2 Å². The van der Waals surface area contributed by atoms with Crippen LogP contribution in [-0.4, -0.2) is 19.1 Å². The quantitative estimate of drug-likeness (QED) is 0.173. The molecule has 0 saturated carbocycles. The lowest BCUT2D eigenvalue weighted by molar-refractivity contribution is 0.672. The number of imidazole rings is 2. The van der Waals surface area contributed by atoms with E-state index in [0.717, 1.165) is 105 Å². The van der Waals surface area contributed by atoms with Gasteiger partial charge in [-0.05, 0) is 122 Å². The standard InChI is InChI=1S/C50H28Br2Cl2N4OS/c51-35-11-6-13-37(43(35)53)57-39-23-21-32-31-10-4-5-15-41(31)59-47(32)45(39)55-50(57)29-18-16-27(17-19-29)30-20-25-42-34(26-30)33-22-24-40-46(48(33)60-42)56-49(28-8-2-1-3-9-28)58(40)38-14-7-12-36(52)44(38)54/h1-16,18,20-26H,17,19H2. The Kier molecular flexibility index (Phi) is 8.52. The molecule has 12 rings (SSSR count). The summed E-state index contributed by atoms with van der Waals surface area (Å²) in [5.41, 5.74) is 11.7. The van der Waals surface area contributed by atoms with Gasteiger partial charge in [0.1, 0.15) is 28.3 Å². The highest BCUT2D eigenvalue weighted by molar-refractivity contribution is 9.10. The minimum atomic E-state index is 0.629. The second-order valence-electron chi connectivity index (χ2n) is 15.0. The van der Waals surface area contributed by atoms with E-state index in [1.807, 2.05) is 72.8 Å². The van der Waals surface area contributed by atoms with Crippen molar-refractivity contribution in [3.63, 3.8) is 0 Å². The highest BCUT2D eigenvalue weighted by atomic mass is 79.9. The average molecular weight is 964 g/mol. The summed E-state index contributed by atoms with van der Waals surface area (Å²) in [6.07, 6.45) is 6.15. The third-order valence-corrected chi connectivity index (χ3v) is 15.4. The van der Waals surface area contributed by atoms with E-state index in [0.29, 0.717) is 10.0 Å². The summed E-state index contributed by atoms with van der Waals surface area (Å²) in [6, 6.07) is 46.0. The van der Waals surface area contributed by atoms with E-state index in [4.69, 9.17) is 37.6 Å². The van der Waals surface area contributed by atoms with Gasteiger partial charge in [0.15, 0.2) is 5.58 Å². The van der Waals surface area contributed by atoms with E-state index in [2.05, 4.69) is 114 Å². The van der Waals surface area contributed by atoms with Crippen LogP contribution < -0.4 is 0 Å². The van der Waals surface area contributed by atoms with Crippen LogP contribution in [0.25, 0.3) is 98.1 Å². The lowest BCUT2D eigenvalue weighted by atomic mass is 9.92. The average Bonchev–Trinajstić information content (AvgIpc) is 4.06. The number of thiophene rings is 1. The summed E-state index contributed by atoms with van der Waals surface area (Å²) in [5, 5.41) is 5.81. The summed E-state index contributed by atoms with van der Waals surface area (Å²) in [7, 11) is 0. The van der Waals surface area contributed by atoms with Crippen LogP contribution in [0.5, 0.6) is 0 Å². The van der Waals surface area contributed by atoms with Gasteiger partial charge in [0.25, 0.3) is 0 Å². The van der Waals surface area contributed by atoms with Gasteiger partial charge < -0.3 is 4.42 Å². The van der Waals surface area contributed by atoms with Gasteiger partial charge in [0.2, 0.25) is 0 Å². The van der Waals surface area contributed by atoms with Gasteiger partial charge in [0, 0.05) is 40.8 Å². The Morgan fingerprint density at radius 1 is 0.550 bits per heavy atom. The molecule has 10 heteroatoms. The van der Waals surface area contributed by atoms with E-state index in [9.17, 15) is 0 Å². The molecule has 0 N–H and O–H groups in total. The van der Waals surface area contributed by atoms with Crippen molar-refractivity contribution in [1.82, 2.24) is 19.1 Å². The Bertz CT molecular complexity index is 3670. The minimum Gasteiger partial charge on any atom is -0.454 e. The molecule has 5 nitrogen and oxygen atoms in total. The van der Waals surface area contributed by atoms with Crippen LogP contribution in [0.3, 0.4) is 0 Å². The van der Waals surface area contributed by atoms with Crippen molar-refractivity contribution < 1.29 is 4.42 Å². The predicted octanol–water partition coefficient (Wildman–Crippen LogP) is 16.4. The van der Waals surface area contributed by atoms with Gasteiger partial charge >= 0.3 is 0 Å². The topological polar surface area (TPSA) is 48.8 Å². The van der Waals surface area contributed by atoms with E-state index >= 15 is 0 Å². The Morgan fingerprint density at radius 2 is 1.20 bits per heavy atom. The summed E-state index contributed by atoms with van der Waals surface area (Å²) >= 11 is 23.1. The van der Waals surface area contributed by atoms with Gasteiger partial charge in [-0.15, -0.1) is 11.3 Å². The van der Waals surface area contributed by atoms with E-state index in [-0.39, 0.29) is 0 Å². The molecule has 0 bridgehead atoms. The number of nitrogens with zero attached hydrogens (tertiary/aromatic N) is 4. The van der Waals surface area contributed by atoms with Crippen molar-refractivity contribution in [2.45, 2.75) is 12.8 Å². The maximum Gasteiger partial charge on any atom is 0.163 e. The van der Waals surface area contributed by atoms with Crippen molar-refractivity contribution >= 4 is 142 Å². The van der Waals surface area contributed by atoms with Gasteiger partial charge in [-0.2, -0.15) is 0 Å². The smallest absolute Gasteiger partial charge is 0.163 e. The van der Waals surface area contributed by atoms with Crippen LogP contribution >= 0.6 is 66.4 Å². The summed E-state index contributed by atoms with van der Waals surface area (Å²) < 4.78 is 14.9. The lowest BCUT2D eigenvalue weighted by Crippen LogP contribution is -2.04. The fraction of sp³-hybridized carbons (Fsp3) is 0.0400. The van der Waals surface area contributed by atoms with Gasteiger partial charge in [-0.3, -0.25) is 9.13 Å². The molecule has 0 unspecified atom stereocenters. The van der Waals surface area contributed by atoms with Crippen molar-refractivity contribution in [2.24, 2.45) is 0 Å². The van der Waals surface area contributed by atoms with Crippen LogP contribution in [0.15, 0.2) is 159 Å². The number of allylic oxidation sites excluding steroid dienone is 4. The number of hydrogen-bond donors (Lipinski definition) is 0. The van der Waals surface area contributed by atoms with Crippen LogP contribution in [-0.2, 0) is 0 Å². The molecule has 0 fully saturated rings. The molecule has 0 amide bonds. The zero-order valence-electron chi connectivity index (χ0n) is 31.4. The number of benzene rings is 7. The third-order valence-electron chi connectivity index (χ3n) is 11.6. The monoisotopic (exact) mass is 960 g/mol. The highest BCUT2D eigenvalue weighted by Crippen LogP contribution is 2.45. The molecule has 0 aliphatic heterocycles. The molecule has 0 radical (unpaired) electrons. The maximum atomic E-state index is 7.01. The first-order valence-electron chi connectivity index (χ1n) is 19.5. The number of para-hydroxylation sites is 1. The highest BCUT2D eigenvalue weighted by Gasteiger charge is 2.25. The molecule has 0 atom stereocenters. The van der Waals surface area contributed by atoms with Crippen molar-refractivity contribution in [3.8, 4) is 22.8 Å². The van der Waals surface area contributed by atoms with Crippen LogP contribution in [0.1, 0.15) is 24.2 Å². The summed E-state index contributed by atoms with van der Waals surface area (Å²) in [4.78, 5) is 10.7. The molecule has 11 aromatic rings. The summed E-state index contributed by atoms with van der Waals surface area (Å²) in [6.45, 7) is 0. The molecular formula is C50H28Br2Cl2N4OS. The Balaban J connectivity index is 0.984. The Labute approximate surface area is 374 Å². The molecule has 7 aromatic carbocycles. The number of furan rings is 1. The number of fused-ring (bicyclic) bond motifs is 10. The maximum absolute atomic E-state index is 7.01. The molecule has 0 saturated heterocycles. The van der Waals surface area contributed by atoms with Crippen molar-refractivity contribution in [3.05, 3.63) is 176 Å². The first kappa shape index (κ1) is 36.4.